The van der Waals surface area contributed by atoms with Gasteiger partial charge in [0.25, 0.3) is 0 Å². The number of hydrogen-bond donors (Lipinski definition) is 2. The van der Waals surface area contributed by atoms with Crippen LogP contribution in [0.3, 0.4) is 0 Å². The van der Waals surface area contributed by atoms with Crippen molar-refractivity contribution in [3.8, 4) is 0 Å². The SMILES string of the molecule is CCCCCCNC(=NC)NCc1cn2cc(Br)ccc2n1. The van der Waals surface area contributed by atoms with Crippen LogP contribution in [0.1, 0.15) is 38.3 Å². The molecule has 120 valence electrons. The number of aliphatic imine (C=N–C) groups is 1. The second kappa shape index (κ2) is 8.78. The molecule has 0 unspecified atom stereocenters. The Balaban J connectivity index is 1.81. The number of imidazole rings is 1. The summed E-state index contributed by atoms with van der Waals surface area (Å²) in [5.41, 5.74) is 1.94. The van der Waals surface area contributed by atoms with Gasteiger partial charge in [0.15, 0.2) is 5.96 Å². The number of rotatable bonds is 7. The molecule has 0 saturated heterocycles. The zero-order valence-corrected chi connectivity index (χ0v) is 14.9. The molecule has 0 atom stereocenters. The monoisotopic (exact) mass is 365 g/mol. The van der Waals surface area contributed by atoms with Gasteiger partial charge >= 0.3 is 0 Å². The third-order valence-corrected chi connectivity index (χ3v) is 3.92. The highest BCUT2D eigenvalue weighted by atomic mass is 79.9. The lowest BCUT2D eigenvalue weighted by Crippen LogP contribution is -2.37. The predicted octanol–water partition coefficient (Wildman–Crippen LogP) is 3.34. The second-order valence-corrected chi connectivity index (χ2v) is 6.17. The van der Waals surface area contributed by atoms with E-state index in [-0.39, 0.29) is 0 Å². The van der Waals surface area contributed by atoms with Crippen molar-refractivity contribution in [1.82, 2.24) is 20.0 Å². The normalized spacial score (nSPS) is 11.9. The van der Waals surface area contributed by atoms with Crippen LogP contribution in [0.4, 0.5) is 0 Å². The zero-order chi connectivity index (χ0) is 15.8. The van der Waals surface area contributed by atoms with Crippen molar-refractivity contribution in [2.45, 2.75) is 39.2 Å². The van der Waals surface area contributed by atoms with Crippen molar-refractivity contribution in [3.05, 3.63) is 34.7 Å². The Kier molecular flexibility index (Phi) is 6.71. The Bertz CT molecular complexity index is 620. The first-order valence-electron chi connectivity index (χ1n) is 7.80. The van der Waals surface area contributed by atoms with Crippen LogP contribution >= 0.6 is 15.9 Å². The molecule has 0 saturated carbocycles. The average molecular weight is 366 g/mol. The summed E-state index contributed by atoms with van der Waals surface area (Å²) in [6.07, 6.45) is 9.04. The molecule has 0 aliphatic rings. The number of unbranched alkanes of at least 4 members (excludes halogenated alkanes) is 3. The average Bonchev–Trinajstić information content (AvgIpc) is 2.92. The summed E-state index contributed by atoms with van der Waals surface area (Å²) >= 11 is 3.47. The first kappa shape index (κ1) is 16.8. The van der Waals surface area contributed by atoms with E-state index in [0.717, 1.165) is 28.3 Å². The summed E-state index contributed by atoms with van der Waals surface area (Å²) in [6.45, 7) is 3.84. The molecule has 0 fully saturated rings. The van der Waals surface area contributed by atoms with Crippen LogP contribution in [0.5, 0.6) is 0 Å². The molecule has 22 heavy (non-hydrogen) atoms. The molecule has 2 N–H and O–H groups in total. The molecular formula is C16H24BrN5. The van der Waals surface area contributed by atoms with Crippen molar-refractivity contribution in [3.63, 3.8) is 0 Å². The number of hydrogen-bond acceptors (Lipinski definition) is 2. The Morgan fingerprint density at radius 3 is 2.86 bits per heavy atom. The maximum absolute atomic E-state index is 4.58. The number of halogens is 1. The maximum atomic E-state index is 4.58. The van der Waals surface area contributed by atoms with Gasteiger partial charge in [0.05, 0.1) is 12.2 Å². The van der Waals surface area contributed by atoms with E-state index in [9.17, 15) is 0 Å². The number of aromatic nitrogens is 2. The highest BCUT2D eigenvalue weighted by Crippen LogP contribution is 2.12. The van der Waals surface area contributed by atoms with Crippen LogP contribution in [-0.4, -0.2) is 28.9 Å². The van der Waals surface area contributed by atoms with E-state index >= 15 is 0 Å². The Morgan fingerprint density at radius 1 is 1.23 bits per heavy atom. The lowest BCUT2D eigenvalue weighted by atomic mass is 10.2. The topological polar surface area (TPSA) is 53.7 Å². The maximum Gasteiger partial charge on any atom is 0.191 e. The van der Waals surface area contributed by atoms with Gasteiger partial charge in [0.1, 0.15) is 5.65 Å². The molecular weight excluding hydrogens is 342 g/mol. The molecule has 0 radical (unpaired) electrons. The lowest BCUT2D eigenvalue weighted by Gasteiger charge is -2.10. The fourth-order valence-corrected chi connectivity index (χ4v) is 2.61. The van der Waals surface area contributed by atoms with Crippen LogP contribution in [0, 0.1) is 0 Å². The third kappa shape index (κ3) is 5.02. The molecule has 6 heteroatoms. The Hall–Kier alpha value is -1.56. The number of nitrogens with one attached hydrogen (secondary N) is 2. The minimum Gasteiger partial charge on any atom is -0.356 e. The van der Waals surface area contributed by atoms with Crippen molar-refractivity contribution in [2.75, 3.05) is 13.6 Å². The molecule has 0 bridgehead atoms. The zero-order valence-electron chi connectivity index (χ0n) is 13.3. The van der Waals surface area contributed by atoms with Crippen LogP contribution < -0.4 is 10.6 Å². The van der Waals surface area contributed by atoms with Gasteiger partial charge in [-0.15, -0.1) is 0 Å². The van der Waals surface area contributed by atoms with Gasteiger partial charge in [0.2, 0.25) is 0 Å². The van der Waals surface area contributed by atoms with Gasteiger partial charge in [-0.2, -0.15) is 0 Å². The summed E-state index contributed by atoms with van der Waals surface area (Å²) in [5, 5.41) is 6.64. The van der Waals surface area contributed by atoms with E-state index in [1.54, 1.807) is 7.05 Å². The summed E-state index contributed by atoms with van der Waals surface area (Å²) < 4.78 is 3.06. The fraction of sp³-hybridized carbons (Fsp3) is 0.500. The molecule has 0 aliphatic heterocycles. The highest BCUT2D eigenvalue weighted by Gasteiger charge is 2.03. The molecule has 0 aromatic carbocycles. The lowest BCUT2D eigenvalue weighted by molar-refractivity contribution is 0.646. The molecule has 2 aromatic heterocycles. The molecule has 5 nitrogen and oxygen atoms in total. The highest BCUT2D eigenvalue weighted by molar-refractivity contribution is 9.10. The van der Waals surface area contributed by atoms with Crippen LogP contribution in [0.25, 0.3) is 5.65 Å². The van der Waals surface area contributed by atoms with Gasteiger partial charge in [-0.3, -0.25) is 4.99 Å². The summed E-state index contributed by atoms with van der Waals surface area (Å²) in [7, 11) is 1.79. The number of guanidine groups is 1. The van der Waals surface area contributed by atoms with Gasteiger partial charge in [-0.05, 0) is 34.5 Å². The van der Waals surface area contributed by atoms with Gasteiger partial charge < -0.3 is 15.0 Å². The second-order valence-electron chi connectivity index (χ2n) is 5.26. The molecule has 2 heterocycles. The van der Waals surface area contributed by atoms with E-state index in [1.807, 2.05) is 28.9 Å². The number of fused-ring (bicyclic) bond motifs is 1. The van der Waals surface area contributed by atoms with E-state index in [1.165, 1.54) is 25.7 Å². The Labute approximate surface area is 140 Å². The first-order valence-corrected chi connectivity index (χ1v) is 8.60. The van der Waals surface area contributed by atoms with E-state index in [0.29, 0.717) is 6.54 Å². The van der Waals surface area contributed by atoms with Crippen LogP contribution in [0.15, 0.2) is 34.0 Å². The molecule has 2 rings (SSSR count). The molecule has 2 aromatic rings. The minimum absolute atomic E-state index is 0.661. The Morgan fingerprint density at radius 2 is 2.09 bits per heavy atom. The van der Waals surface area contributed by atoms with Gasteiger partial charge in [-0.25, -0.2) is 4.98 Å². The van der Waals surface area contributed by atoms with E-state index in [4.69, 9.17) is 0 Å². The fourth-order valence-electron chi connectivity index (χ4n) is 2.26. The molecule has 0 aliphatic carbocycles. The molecule has 0 spiro atoms. The quantitative estimate of drug-likeness (QED) is 0.449. The largest absolute Gasteiger partial charge is 0.356 e. The van der Waals surface area contributed by atoms with Crippen molar-refractivity contribution < 1.29 is 0 Å². The first-order chi connectivity index (χ1) is 10.7. The predicted molar refractivity (Wildman–Crippen MR) is 95.2 cm³/mol. The number of pyridine rings is 1. The standard InChI is InChI=1S/C16H24BrN5/c1-3-4-5-6-9-19-16(18-2)20-10-14-12-22-11-13(17)7-8-15(22)21-14/h7-8,11-12H,3-6,9-10H2,1-2H3,(H2,18,19,20). The van der Waals surface area contributed by atoms with E-state index in [2.05, 4.69) is 43.5 Å². The number of nitrogens with zero attached hydrogens (tertiary/aromatic N) is 3. The van der Waals surface area contributed by atoms with E-state index < -0.39 is 0 Å². The minimum atomic E-state index is 0.661. The van der Waals surface area contributed by atoms with Crippen molar-refractivity contribution >= 4 is 27.5 Å². The third-order valence-electron chi connectivity index (χ3n) is 3.45. The van der Waals surface area contributed by atoms with Gasteiger partial charge in [-0.1, -0.05) is 26.2 Å². The molecule has 0 amide bonds. The van der Waals surface area contributed by atoms with Gasteiger partial charge in [0, 0.05) is 30.5 Å². The summed E-state index contributed by atoms with van der Waals surface area (Å²) in [6, 6.07) is 3.99. The van der Waals surface area contributed by atoms with Crippen molar-refractivity contribution in [2.24, 2.45) is 4.99 Å². The van der Waals surface area contributed by atoms with Crippen LogP contribution in [-0.2, 0) is 6.54 Å². The summed E-state index contributed by atoms with van der Waals surface area (Å²) in [4.78, 5) is 8.82. The van der Waals surface area contributed by atoms with Crippen LogP contribution in [0.2, 0.25) is 0 Å². The summed E-state index contributed by atoms with van der Waals surface area (Å²) in [5.74, 6) is 0.828. The van der Waals surface area contributed by atoms with Crippen molar-refractivity contribution in [1.29, 1.82) is 0 Å². The smallest absolute Gasteiger partial charge is 0.191 e.